The second kappa shape index (κ2) is 4.22. The molecule has 0 bridgehead atoms. The predicted octanol–water partition coefficient (Wildman–Crippen LogP) is 1.17. The van der Waals surface area contributed by atoms with Crippen LogP contribution in [0.15, 0.2) is 18.5 Å². The summed E-state index contributed by atoms with van der Waals surface area (Å²) < 4.78 is 1.91. The molecule has 0 spiro atoms. The van der Waals surface area contributed by atoms with Gasteiger partial charge in [0.2, 0.25) is 5.95 Å². The predicted molar refractivity (Wildman–Crippen MR) is 68.1 cm³/mol. The minimum absolute atomic E-state index is 0.123. The van der Waals surface area contributed by atoms with Crippen molar-refractivity contribution in [1.29, 1.82) is 0 Å². The number of anilines is 1. The highest BCUT2D eigenvalue weighted by Crippen LogP contribution is 2.30. The summed E-state index contributed by atoms with van der Waals surface area (Å²) >= 11 is 5.97. The van der Waals surface area contributed by atoms with Crippen LogP contribution in [0.2, 0.25) is 5.15 Å². The van der Waals surface area contributed by atoms with Crippen molar-refractivity contribution < 1.29 is 5.11 Å². The number of imidazole rings is 1. The summed E-state index contributed by atoms with van der Waals surface area (Å²) in [6.45, 7) is 0.150. The number of nitrogen functional groups attached to an aromatic ring is 1. The van der Waals surface area contributed by atoms with Crippen LogP contribution in [0.4, 0.5) is 5.95 Å². The van der Waals surface area contributed by atoms with E-state index in [1.165, 1.54) is 0 Å². The van der Waals surface area contributed by atoms with Gasteiger partial charge in [-0.25, -0.2) is 4.98 Å². The van der Waals surface area contributed by atoms with Gasteiger partial charge in [0.15, 0.2) is 10.8 Å². The molecule has 0 fully saturated rings. The van der Waals surface area contributed by atoms with Crippen molar-refractivity contribution in [2.75, 3.05) is 12.3 Å². The van der Waals surface area contributed by atoms with Gasteiger partial charge in [-0.05, 0) is 6.42 Å². The van der Waals surface area contributed by atoms with Crippen molar-refractivity contribution in [3.05, 3.63) is 23.6 Å². The number of halogens is 1. The number of hydrogen-bond donors (Lipinski definition) is 2. The summed E-state index contributed by atoms with van der Waals surface area (Å²) in [4.78, 5) is 12.3. The Hall–Kier alpha value is -1.66. The Kier molecular flexibility index (Phi) is 2.68. The van der Waals surface area contributed by atoms with E-state index in [0.29, 0.717) is 11.2 Å². The zero-order valence-corrected chi connectivity index (χ0v) is 10.2. The molecule has 0 aliphatic heterocycles. The molecule has 2 atom stereocenters. The van der Waals surface area contributed by atoms with Crippen molar-refractivity contribution in [2.24, 2.45) is 5.92 Å². The van der Waals surface area contributed by atoms with Gasteiger partial charge in [0.25, 0.3) is 0 Å². The lowest BCUT2D eigenvalue weighted by atomic mass is 10.1. The first-order valence-corrected chi connectivity index (χ1v) is 6.01. The van der Waals surface area contributed by atoms with Gasteiger partial charge in [0.1, 0.15) is 5.52 Å². The summed E-state index contributed by atoms with van der Waals surface area (Å²) in [5, 5.41) is 9.40. The standard InChI is InChI=1S/C11H12ClN5O/c12-9-8-10(16-11(13)15-9)17(5-14-8)7-2-1-6(3-7)4-18/h1-2,5-7,18H,3-4H2,(H2,13,15,16). The molecule has 0 saturated heterocycles. The summed E-state index contributed by atoms with van der Waals surface area (Å²) in [5.74, 6) is 0.317. The van der Waals surface area contributed by atoms with Crippen molar-refractivity contribution in [1.82, 2.24) is 19.5 Å². The molecule has 1 aliphatic carbocycles. The SMILES string of the molecule is Nc1nc(Cl)c2ncn(C3C=CC(CO)C3)c2n1. The van der Waals surface area contributed by atoms with Crippen LogP contribution in [-0.4, -0.2) is 31.2 Å². The van der Waals surface area contributed by atoms with Gasteiger partial charge in [-0.15, -0.1) is 0 Å². The van der Waals surface area contributed by atoms with Crippen molar-refractivity contribution in [2.45, 2.75) is 12.5 Å². The highest BCUT2D eigenvalue weighted by molar-refractivity contribution is 6.33. The second-order valence-electron chi connectivity index (χ2n) is 4.33. The van der Waals surface area contributed by atoms with E-state index in [0.717, 1.165) is 6.42 Å². The van der Waals surface area contributed by atoms with Gasteiger partial charge in [0.05, 0.1) is 12.4 Å². The fourth-order valence-corrected chi connectivity index (χ4v) is 2.45. The second-order valence-corrected chi connectivity index (χ2v) is 4.69. The molecule has 7 heteroatoms. The smallest absolute Gasteiger partial charge is 0.223 e. The first kappa shape index (κ1) is 11.4. The van der Waals surface area contributed by atoms with E-state index in [1.54, 1.807) is 6.33 Å². The molecule has 3 N–H and O–H groups in total. The van der Waals surface area contributed by atoms with Crippen LogP contribution in [0.1, 0.15) is 12.5 Å². The van der Waals surface area contributed by atoms with Gasteiger partial charge < -0.3 is 15.4 Å². The number of fused-ring (bicyclic) bond motifs is 1. The van der Waals surface area contributed by atoms with E-state index in [9.17, 15) is 0 Å². The number of nitrogens with two attached hydrogens (primary N) is 1. The van der Waals surface area contributed by atoms with E-state index in [2.05, 4.69) is 15.0 Å². The maximum Gasteiger partial charge on any atom is 0.223 e. The summed E-state index contributed by atoms with van der Waals surface area (Å²) in [5.41, 5.74) is 6.77. The van der Waals surface area contributed by atoms with Crippen LogP contribution in [0.3, 0.4) is 0 Å². The average Bonchev–Trinajstić information content (AvgIpc) is 2.93. The highest BCUT2D eigenvalue weighted by Gasteiger charge is 2.22. The minimum atomic E-state index is 0.123. The largest absolute Gasteiger partial charge is 0.396 e. The van der Waals surface area contributed by atoms with Gasteiger partial charge in [-0.1, -0.05) is 23.8 Å². The van der Waals surface area contributed by atoms with Crippen LogP contribution < -0.4 is 5.73 Å². The fraction of sp³-hybridized carbons (Fsp3) is 0.364. The van der Waals surface area contributed by atoms with Gasteiger partial charge in [-0.2, -0.15) is 9.97 Å². The van der Waals surface area contributed by atoms with E-state index in [4.69, 9.17) is 22.4 Å². The first-order chi connectivity index (χ1) is 8.69. The van der Waals surface area contributed by atoms with Gasteiger partial charge in [-0.3, -0.25) is 0 Å². The molecule has 0 saturated carbocycles. The maximum atomic E-state index is 9.14. The molecule has 94 valence electrons. The number of aliphatic hydroxyl groups excluding tert-OH is 1. The molecular weight excluding hydrogens is 254 g/mol. The molecule has 1 aliphatic rings. The number of rotatable bonds is 2. The van der Waals surface area contributed by atoms with E-state index in [-0.39, 0.29) is 29.7 Å². The molecule has 3 rings (SSSR count). The molecule has 2 aromatic rings. The lowest BCUT2D eigenvalue weighted by Gasteiger charge is -2.12. The van der Waals surface area contributed by atoms with Crippen LogP contribution in [0, 0.1) is 5.92 Å². The Balaban J connectivity index is 2.06. The van der Waals surface area contributed by atoms with Gasteiger partial charge in [0, 0.05) is 12.5 Å². The Morgan fingerprint density at radius 3 is 3.00 bits per heavy atom. The molecule has 2 unspecified atom stereocenters. The van der Waals surface area contributed by atoms with Crippen LogP contribution in [0.25, 0.3) is 11.2 Å². The molecular formula is C11H12ClN5O. The Morgan fingerprint density at radius 2 is 2.28 bits per heavy atom. The average molecular weight is 266 g/mol. The number of hydrogen-bond acceptors (Lipinski definition) is 5. The third-order valence-electron chi connectivity index (χ3n) is 3.14. The zero-order valence-electron chi connectivity index (χ0n) is 9.49. The van der Waals surface area contributed by atoms with Gasteiger partial charge >= 0.3 is 0 Å². The lowest BCUT2D eigenvalue weighted by molar-refractivity contribution is 0.244. The minimum Gasteiger partial charge on any atom is -0.396 e. The van der Waals surface area contributed by atoms with E-state index in [1.807, 2.05) is 16.7 Å². The molecule has 0 aromatic carbocycles. The third kappa shape index (κ3) is 1.74. The van der Waals surface area contributed by atoms with Crippen molar-refractivity contribution in [3.63, 3.8) is 0 Å². The monoisotopic (exact) mass is 265 g/mol. The summed E-state index contributed by atoms with van der Waals surface area (Å²) in [6, 6.07) is 0.123. The van der Waals surface area contributed by atoms with E-state index < -0.39 is 0 Å². The fourth-order valence-electron chi connectivity index (χ4n) is 2.23. The first-order valence-electron chi connectivity index (χ1n) is 5.63. The highest BCUT2D eigenvalue weighted by atomic mass is 35.5. The van der Waals surface area contributed by atoms with Crippen molar-refractivity contribution >= 4 is 28.7 Å². The quantitative estimate of drug-likeness (QED) is 0.628. The molecule has 0 amide bonds. The number of aliphatic hydroxyl groups is 1. The lowest BCUT2D eigenvalue weighted by Crippen LogP contribution is -2.08. The Morgan fingerprint density at radius 1 is 1.44 bits per heavy atom. The van der Waals surface area contributed by atoms with Crippen LogP contribution in [-0.2, 0) is 0 Å². The van der Waals surface area contributed by atoms with Crippen LogP contribution in [0.5, 0.6) is 0 Å². The summed E-state index contributed by atoms with van der Waals surface area (Å²) in [6.07, 6.45) is 6.54. The zero-order chi connectivity index (χ0) is 12.7. The molecule has 2 aromatic heterocycles. The van der Waals surface area contributed by atoms with Crippen molar-refractivity contribution in [3.8, 4) is 0 Å². The molecule has 0 radical (unpaired) electrons. The topological polar surface area (TPSA) is 89.8 Å². The van der Waals surface area contributed by atoms with E-state index >= 15 is 0 Å². The number of allylic oxidation sites excluding steroid dienone is 1. The third-order valence-corrected chi connectivity index (χ3v) is 3.40. The number of nitrogens with zero attached hydrogens (tertiary/aromatic N) is 4. The molecule has 18 heavy (non-hydrogen) atoms. The van der Waals surface area contributed by atoms with Crippen LogP contribution >= 0.6 is 11.6 Å². The Labute approximate surface area is 108 Å². The summed E-state index contributed by atoms with van der Waals surface area (Å²) in [7, 11) is 0. The number of aromatic nitrogens is 4. The molecule has 6 nitrogen and oxygen atoms in total. The maximum absolute atomic E-state index is 9.14. The normalized spacial score (nSPS) is 23.0. The molecule has 2 heterocycles. The Bertz CT molecular complexity index is 623.